The Balaban J connectivity index is 2.02. The Bertz CT molecular complexity index is 440. The van der Waals surface area contributed by atoms with E-state index in [0.29, 0.717) is 19.2 Å². The Hall–Kier alpha value is -1.55. The zero-order valence-corrected chi connectivity index (χ0v) is 12.6. The Labute approximate surface area is 121 Å². The summed E-state index contributed by atoms with van der Waals surface area (Å²) in [6.45, 7) is 5.24. The molecule has 1 atom stereocenters. The molecule has 0 aromatic heterocycles. The van der Waals surface area contributed by atoms with Gasteiger partial charge in [-0.1, -0.05) is 12.1 Å². The third kappa shape index (κ3) is 3.73. The molecule has 0 radical (unpaired) electrons. The molecular weight excluding hydrogens is 252 g/mol. The molecule has 0 spiro atoms. The maximum Gasteiger partial charge on any atom is 0.239 e. The van der Waals surface area contributed by atoms with E-state index in [4.69, 9.17) is 4.74 Å². The van der Waals surface area contributed by atoms with Crippen molar-refractivity contribution in [1.82, 2.24) is 10.2 Å². The summed E-state index contributed by atoms with van der Waals surface area (Å²) >= 11 is 0. The number of likely N-dealkylation sites (N-methyl/N-ethyl adjacent to an activating group) is 1. The average Bonchev–Trinajstić information content (AvgIpc) is 3.30. The van der Waals surface area contributed by atoms with Gasteiger partial charge < -0.3 is 15.0 Å². The lowest BCUT2D eigenvalue weighted by Crippen LogP contribution is -2.44. The van der Waals surface area contributed by atoms with Gasteiger partial charge in [0.2, 0.25) is 5.91 Å². The molecule has 20 heavy (non-hydrogen) atoms. The van der Waals surface area contributed by atoms with E-state index < -0.39 is 0 Å². The van der Waals surface area contributed by atoms with Gasteiger partial charge >= 0.3 is 0 Å². The first-order valence-corrected chi connectivity index (χ1v) is 7.35. The van der Waals surface area contributed by atoms with Crippen LogP contribution in [0.5, 0.6) is 5.75 Å². The fourth-order valence-corrected chi connectivity index (χ4v) is 2.20. The van der Waals surface area contributed by atoms with Crippen molar-refractivity contribution in [3.8, 4) is 5.75 Å². The number of nitrogens with one attached hydrogen (secondary N) is 1. The summed E-state index contributed by atoms with van der Waals surface area (Å²) in [5.74, 6) is 1.06. The normalized spacial score (nSPS) is 15.8. The molecule has 0 bridgehead atoms. The van der Waals surface area contributed by atoms with Crippen LogP contribution < -0.4 is 10.1 Å². The van der Waals surface area contributed by atoms with Crippen LogP contribution in [0.25, 0.3) is 0 Å². The van der Waals surface area contributed by atoms with Crippen LogP contribution in [0.15, 0.2) is 24.3 Å². The minimum Gasteiger partial charge on any atom is -0.494 e. The van der Waals surface area contributed by atoms with Crippen molar-refractivity contribution in [2.45, 2.75) is 45.3 Å². The minimum absolute atomic E-state index is 0.127. The minimum atomic E-state index is -0.127. The number of hydrogen-bond donors (Lipinski definition) is 1. The van der Waals surface area contributed by atoms with E-state index in [1.54, 1.807) is 0 Å². The van der Waals surface area contributed by atoms with Gasteiger partial charge in [-0.3, -0.25) is 4.79 Å². The van der Waals surface area contributed by atoms with Crippen molar-refractivity contribution < 1.29 is 9.53 Å². The number of hydrogen-bond acceptors (Lipinski definition) is 3. The first kappa shape index (κ1) is 14.9. The van der Waals surface area contributed by atoms with Crippen LogP contribution in [0.1, 0.15) is 32.3 Å². The lowest BCUT2D eigenvalue weighted by molar-refractivity contribution is -0.134. The highest BCUT2D eigenvalue weighted by Crippen LogP contribution is 2.29. The van der Waals surface area contributed by atoms with Crippen molar-refractivity contribution in [3.63, 3.8) is 0 Å². The van der Waals surface area contributed by atoms with E-state index in [9.17, 15) is 4.79 Å². The van der Waals surface area contributed by atoms with Crippen molar-refractivity contribution in [2.24, 2.45) is 0 Å². The van der Waals surface area contributed by atoms with E-state index in [-0.39, 0.29) is 11.9 Å². The fraction of sp³-hybridized carbons (Fsp3) is 0.562. The molecule has 0 saturated heterocycles. The molecule has 110 valence electrons. The number of rotatable bonds is 7. The molecule has 1 saturated carbocycles. The van der Waals surface area contributed by atoms with Gasteiger partial charge in [-0.15, -0.1) is 0 Å². The molecule has 4 nitrogen and oxygen atoms in total. The van der Waals surface area contributed by atoms with E-state index >= 15 is 0 Å². The summed E-state index contributed by atoms with van der Waals surface area (Å²) in [7, 11) is 1.82. The summed E-state index contributed by atoms with van der Waals surface area (Å²) in [5, 5.41) is 3.03. The number of ether oxygens (including phenoxy) is 1. The SMILES string of the molecule is CCOc1ccc(CN(C(=O)[C@H](C)NC)C2CC2)cc1. The van der Waals surface area contributed by atoms with Crippen LogP contribution in [-0.2, 0) is 11.3 Å². The molecule has 0 unspecified atom stereocenters. The largest absolute Gasteiger partial charge is 0.494 e. The standard InChI is InChI=1S/C16H24N2O2/c1-4-20-15-9-5-13(6-10-15)11-18(14-7-8-14)16(19)12(2)17-3/h5-6,9-10,12,14,17H,4,7-8,11H2,1-3H3/t12-/m0/s1. The summed E-state index contributed by atoms with van der Waals surface area (Å²) in [6, 6.07) is 8.31. The van der Waals surface area contributed by atoms with Crippen LogP contribution in [0.4, 0.5) is 0 Å². The van der Waals surface area contributed by atoms with Gasteiger partial charge in [0.05, 0.1) is 12.6 Å². The van der Waals surface area contributed by atoms with E-state index in [2.05, 4.69) is 5.32 Å². The summed E-state index contributed by atoms with van der Waals surface area (Å²) in [6.07, 6.45) is 2.25. The number of amides is 1. The highest BCUT2D eigenvalue weighted by molar-refractivity contribution is 5.82. The lowest BCUT2D eigenvalue weighted by Gasteiger charge is -2.25. The summed E-state index contributed by atoms with van der Waals surface area (Å²) in [5.41, 5.74) is 1.15. The summed E-state index contributed by atoms with van der Waals surface area (Å²) < 4.78 is 5.44. The molecule has 1 aliphatic carbocycles. The lowest BCUT2D eigenvalue weighted by atomic mass is 10.2. The van der Waals surface area contributed by atoms with Gasteiger partial charge in [-0.25, -0.2) is 0 Å². The van der Waals surface area contributed by atoms with Gasteiger partial charge in [0.15, 0.2) is 0 Å². The maximum absolute atomic E-state index is 12.4. The van der Waals surface area contributed by atoms with Crippen molar-refractivity contribution in [1.29, 1.82) is 0 Å². The van der Waals surface area contributed by atoms with Crippen molar-refractivity contribution in [2.75, 3.05) is 13.7 Å². The number of carbonyl (C=O) groups is 1. The highest BCUT2D eigenvalue weighted by Gasteiger charge is 2.34. The van der Waals surface area contributed by atoms with E-state index in [1.807, 2.05) is 50.1 Å². The molecule has 1 amide bonds. The number of nitrogens with zero attached hydrogens (tertiary/aromatic N) is 1. The van der Waals surface area contributed by atoms with Crippen LogP contribution in [-0.4, -0.2) is 36.5 Å². The van der Waals surface area contributed by atoms with Gasteiger partial charge in [0, 0.05) is 12.6 Å². The molecular formula is C16H24N2O2. The van der Waals surface area contributed by atoms with Crippen LogP contribution in [0, 0.1) is 0 Å². The second kappa shape index (κ2) is 6.75. The number of carbonyl (C=O) groups excluding carboxylic acids is 1. The van der Waals surface area contributed by atoms with Crippen LogP contribution >= 0.6 is 0 Å². The predicted octanol–water partition coefficient (Wildman–Crippen LogP) is 2.18. The first-order chi connectivity index (χ1) is 9.65. The molecule has 1 fully saturated rings. The zero-order valence-electron chi connectivity index (χ0n) is 12.6. The zero-order chi connectivity index (χ0) is 14.5. The van der Waals surface area contributed by atoms with E-state index in [0.717, 1.165) is 24.2 Å². The van der Waals surface area contributed by atoms with Gasteiger partial charge in [-0.2, -0.15) is 0 Å². The molecule has 1 aliphatic rings. The smallest absolute Gasteiger partial charge is 0.239 e. The monoisotopic (exact) mass is 276 g/mol. The van der Waals surface area contributed by atoms with Crippen LogP contribution in [0.3, 0.4) is 0 Å². The molecule has 2 rings (SSSR count). The molecule has 0 heterocycles. The Morgan fingerprint density at radius 3 is 2.55 bits per heavy atom. The predicted molar refractivity (Wildman–Crippen MR) is 79.7 cm³/mol. The Kier molecular flexibility index (Phi) is 5.01. The molecule has 0 aliphatic heterocycles. The van der Waals surface area contributed by atoms with Crippen molar-refractivity contribution >= 4 is 5.91 Å². The average molecular weight is 276 g/mol. The van der Waals surface area contributed by atoms with Gasteiger partial charge in [0.25, 0.3) is 0 Å². The second-order valence-electron chi connectivity index (χ2n) is 5.28. The van der Waals surface area contributed by atoms with Gasteiger partial charge in [-0.05, 0) is 51.4 Å². The third-order valence-corrected chi connectivity index (χ3v) is 3.66. The summed E-state index contributed by atoms with van der Waals surface area (Å²) in [4.78, 5) is 14.4. The van der Waals surface area contributed by atoms with Crippen LogP contribution in [0.2, 0.25) is 0 Å². The fourth-order valence-electron chi connectivity index (χ4n) is 2.20. The first-order valence-electron chi connectivity index (χ1n) is 7.35. The third-order valence-electron chi connectivity index (χ3n) is 3.66. The Morgan fingerprint density at radius 1 is 1.40 bits per heavy atom. The van der Waals surface area contributed by atoms with Crippen molar-refractivity contribution in [3.05, 3.63) is 29.8 Å². The quantitative estimate of drug-likeness (QED) is 0.830. The number of benzene rings is 1. The second-order valence-corrected chi connectivity index (χ2v) is 5.28. The molecule has 1 aromatic rings. The topological polar surface area (TPSA) is 41.6 Å². The van der Waals surface area contributed by atoms with Gasteiger partial charge in [0.1, 0.15) is 5.75 Å². The molecule has 1 aromatic carbocycles. The molecule has 4 heteroatoms. The maximum atomic E-state index is 12.4. The van der Waals surface area contributed by atoms with E-state index in [1.165, 1.54) is 0 Å². The highest BCUT2D eigenvalue weighted by atomic mass is 16.5. The Morgan fingerprint density at radius 2 is 2.05 bits per heavy atom. The molecule has 1 N–H and O–H groups in total.